The van der Waals surface area contributed by atoms with Crippen molar-refractivity contribution < 1.29 is 14.3 Å². The average molecular weight is 367 g/mol. The molecule has 0 aliphatic carbocycles. The fourth-order valence-corrected chi connectivity index (χ4v) is 3.65. The van der Waals surface area contributed by atoms with Crippen molar-refractivity contribution in [2.45, 2.75) is 19.6 Å². The van der Waals surface area contributed by atoms with Crippen LogP contribution < -0.4 is 19.7 Å². The third-order valence-corrected chi connectivity index (χ3v) is 5.18. The molecule has 1 atom stereocenters. The number of hydrogen-bond donors (Lipinski definition) is 1. The second kappa shape index (κ2) is 7.48. The van der Waals surface area contributed by atoms with Crippen LogP contribution >= 0.6 is 0 Å². The molecule has 2 heterocycles. The summed E-state index contributed by atoms with van der Waals surface area (Å²) < 4.78 is 11.1. The maximum Gasteiger partial charge on any atom is 0.265 e. The molecule has 142 valence electrons. The Morgan fingerprint density at radius 3 is 2.70 bits per heavy atom. The zero-order chi connectivity index (χ0) is 18.8. The Bertz CT molecular complexity index is 831. The van der Waals surface area contributed by atoms with Gasteiger partial charge in [-0.25, -0.2) is 0 Å². The van der Waals surface area contributed by atoms with Crippen LogP contribution in [0.4, 0.5) is 11.4 Å². The van der Waals surface area contributed by atoms with E-state index in [9.17, 15) is 4.79 Å². The highest BCUT2D eigenvalue weighted by Gasteiger charge is 2.24. The first kappa shape index (κ1) is 17.7. The first-order valence-electron chi connectivity index (χ1n) is 9.35. The zero-order valence-corrected chi connectivity index (χ0v) is 15.8. The molecule has 1 fully saturated rings. The Hall–Kier alpha value is -2.73. The Balaban J connectivity index is 1.38. The van der Waals surface area contributed by atoms with Gasteiger partial charge in [0.15, 0.2) is 6.10 Å². The van der Waals surface area contributed by atoms with Crippen molar-refractivity contribution in [3.8, 4) is 11.5 Å². The summed E-state index contributed by atoms with van der Waals surface area (Å²) in [6, 6.07) is 14.2. The number of benzene rings is 2. The van der Waals surface area contributed by atoms with Crippen molar-refractivity contribution in [2.24, 2.45) is 0 Å². The summed E-state index contributed by atoms with van der Waals surface area (Å²) in [5.41, 5.74) is 3.10. The maximum absolute atomic E-state index is 11.8. The van der Waals surface area contributed by atoms with Gasteiger partial charge in [-0.1, -0.05) is 18.2 Å². The number of piperazine rings is 1. The topological polar surface area (TPSA) is 54.0 Å². The molecule has 1 N–H and O–H groups in total. The van der Waals surface area contributed by atoms with E-state index in [0.717, 1.165) is 55.6 Å². The van der Waals surface area contributed by atoms with Crippen LogP contribution in [0, 0.1) is 0 Å². The standard InChI is InChI=1S/C21H25N3O3/c1-15-21(25)22-17-13-16(7-8-19(17)27-15)14-23-9-11-24(12-10-23)18-5-3-4-6-20(18)26-2/h3-8,13,15H,9-12,14H2,1-2H3,(H,22,25). The summed E-state index contributed by atoms with van der Waals surface area (Å²) in [4.78, 5) is 16.6. The lowest BCUT2D eigenvalue weighted by Gasteiger charge is -2.36. The van der Waals surface area contributed by atoms with Crippen molar-refractivity contribution in [3.63, 3.8) is 0 Å². The second-order valence-electron chi connectivity index (χ2n) is 7.01. The largest absolute Gasteiger partial charge is 0.495 e. The van der Waals surface area contributed by atoms with Gasteiger partial charge in [0.1, 0.15) is 11.5 Å². The first-order valence-corrected chi connectivity index (χ1v) is 9.35. The number of nitrogens with one attached hydrogen (secondary N) is 1. The number of carbonyl (C=O) groups excluding carboxylic acids is 1. The summed E-state index contributed by atoms with van der Waals surface area (Å²) in [6.07, 6.45) is -0.439. The minimum absolute atomic E-state index is 0.0925. The van der Waals surface area contributed by atoms with E-state index >= 15 is 0 Å². The molecule has 2 aromatic carbocycles. The van der Waals surface area contributed by atoms with Gasteiger partial charge in [0.2, 0.25) is 0 Å². The Morgan fingerprint density at radius 1 is 1.15 bits per heavy atom. The van der Waals surface area contributed by atoms with Gasteiger partial charge in [0.05, 0.1) is 18.5 Å². The van der Waals surface area contributed by atoms with E-state index in [1.54, 1.807) is 14.0 Å². The number of methoxy groups -OCH3 is 1. The van der Waals surface area contributed by atoms with Gasteiger partial charge in [-0.3, -0.25) is 9.69 Å². The van der Waals surface area contributed by atoms with Crippen molar-refractivity contribution in [1.29, 1.82) is 0 Å². The molecule has 27 heavy (non-hydrogen) atoms. The number of hydrogen-bond acceptors (Lipinski definition) is 5. The molecule has 2 aliphatic rings. The summed E-state index contributed by atoms with van der Waals surface area (Å²) in [5, 5.41) is 2.92. The third kappa shape index (κ3) is 3.71. The second-order valence-corrected chi connectivity index (χ2v) is 7.01. The number of para-hydroxylation sites is 2. The predicted octanol–water partition coefficient (Wildman–Crippen LogP) is 2.74. The van der Waals surface area contributed by atoms with E-state index in [0.29, 0.717) is 0 Å². The maximum atomic E-state index is 11.8. The molecule has 1 unspecified atom stereocenters. The fourth-order valence-electron chi connectivity index (χ4n) is 3.65. The minimum atomic E-state index is -0.439. The van der Waals surface area contributed by atoms with Gasteiger partial charge in [0, 0.05) is 32.7 Å². The van der Waals surface area contributed by atoms with Crippen LogP contribution in [0.25, 0.3) is 0 Å². The highest BCUT2D eigenvalue weighted by molar-refractivity contribution is 5.97. The van der Waals surface area contributed by atoms with E-state index in [1.165, 1.54) is 5.56 Å². The van der Waals surface area contributed by atoms with E-state index < -0.39 is 6.10 Å². The molecule has 1 saturated heterocycles. The van der Waals surface area contributed by atoms with Crippen molar-refractivity contribution in [3.05, 3.63) is 48.0 Å². The lowest BCUT2D eigenvalue weighted by molar-refractivity contribution is -0.122. The van der Waals surface area contributed by atoms with Crippen molar-refractivity contribution in [2.75, 3.05) is 43.5 Å². The molecule has 4 rings (SSSR count). The lowest BCUT2D eigenvalue weighted by Crippen LogP contribution is -2.46. The summed E-state index contributed by atoms with van der Waals surface area (Å²) >= 11 is 0. The number of fused-ring (bicyclic) bond motifs is 1. The number of ether oxygens (including phenoxy) is 2. The summed E-state index contributed by atoms with van der Waals surface area (Å²) in [6.45, 7) is 6.50. The quantitative estimate of drug-likeness (QED) is 0.901. The number of anilines is 2. The number of rotatable bonds is 4. The highest BCUT2D eigenvalue weighted by Crippen LogP contribution is 2.31. The van der Waals surface area contributed by atoms with Gasteiger partial charge in [0.25, 0.3) is 5.91 Å². The van der Waals surface area contributed by atoms with E-state index in [4.69, 9.17) is 9.47 Å². The van der Waals surface area contributed by atoms with Gasteiger partial charge >= 0.3 is 0 Å². The zero-order valence-electron chi connectivity index (χ0n) is 15.8. The number of nitrogens with zero attached hydrogens (tertiary/aromatic N) is 2. The van der Waals surface area contributed by atoms with E-state index in [1.807, 2.05) is 24.3 Å². The van der Waals surface area contributed by atoms with Gasteiger partial charge in [-0.2, -0.15) is 0 Å². The Kier molecular flexibility index (Phi) is 4.90. The molecule has 2 aromatic rings. The number of carbonyl (C=O) groups is 1. The predicted molar refractivity (Wildman–Crippen MR) is 106 cm³/mol. The molecule has 6 heteroatoms. The Morgan fingerprint density at radius 2 is 1.93 bits per heavy atom. The van der Waals surface area contributed by atoms with Gasteiger partial charge in [-0.15, -0.1) is 0 Å². The van der Waals surface area contributed by atoms with Crippen LogP contribution in [-0.2, 0) is 11.3 Å². The third-order valence-electron chi connectivity index (χ3n) is 5.18. The normalized spacial score (nSPS) is 19.9. The van der Waals surface area contributed by atoms with Crippen LogP contribution in [-0.4, -0.2) is 50.2 Å². The summed E-state index contributed by atoms with van der Waals surface area (Å²) in [7, 11) is 1.72. The van der Waals surface area contributed by atoms with E-state index in [-0.39, 0.29) is 5.91 Å². The van der Waals surface area contributed by atoms with E-state index in [2.05, 4.69) is 33.3 Å². The molecule has 1 amide bonds. The first-order chi connectivity index (χ1) is 13.1. The van der Waals surface area contributed by atoms with Crippen molar-refractivity contribution >= 4 is 17.3 Å². The molecular formula is C21H25N3O3. The molecule has 2 aliphatic heterocycles. The SMILES string of the molecule is COc1ccccc1N1CCN(Cc2ccc3c(c2)NC(=O)C(C)O3)CC1. The van der Waals surface area contributed by atoms with Crippen LogP contribution in [0.15, 0.2) is 42.5 Å². The molecule has 0 saturated carbocycles. The minimum Gasteiger partial charge on any atom is -0.495 e. The fraction of sp³-hybridized carbons (Fsp3) is 0.381. The molecule has 0 spiro atoms. The van der Waals surface area contributed by atoms with Crippen LogP contribution in [0.3, 0.4) is 0 Å². The monoisotopic (exact) mass is 367 g/mol. The molecule has 0 bridgehead atoms. The average Bonchev–Trinajstić information content (AvgIpc) is 2.70. The molecular weight excluding hydrogens is 342 g/mol. The smallest absolute Gasteiger partial charge is 0.265 e. The molecule has 0 radical (unpaired) electrons. The van der Waals surface area contributed by atoms with Crippen LogP contribution in [0.1, 0.15) is 12.5 Å². The summed E-state index contributed by atoms with van der Waals surface area (Å²) in [5.74, 6) is 1.57. The lowest BCUT2D eigenvalue weighted by atomic mass is 10.1. The van der Waals surface area contributed by atoms with Gasteiger partial charge in [-0.05, 0) is 36.8 Å². The van der Waals surface area contributed by atoms with Crippen molar-refractivity contribution in [1.82, 2.24) is 4.90 Å². The molecule has 6 nitrogen and oxygen atoms in total. The van der Waals surface area contributed by atoms with Crippen LogP contribution in [0.2, 0.25) is 0 Å². The van der Waals surface area contributed by atoms with Crippen LogP contribution in [0.5, 0.6) is 11.5 Å². The highest BCUT2D eigenvalue weighted by atomic mass is 16.5. The Labute approximate surface area is 159 Å². The molecule has 0 aromatic heterocycles. The number of amides is 1. The van der Waals surface area contributed by atoms with Gasteiger partial charge < -0.3 is 19.7 Å².